The summed E-state index contributed by atoms with van der Waals surface area (Å²) in [5, 5.41) is 5.49. The van der Waals surface area contributed by atoms with Gasteiger partial charge >= 0.3 is 12.2 Å². The number of aryl methyl sites for hydroxylation is 1. The maximum atomic E-state index is 12.7. The van der Waals surface area contributed by atoms with E-state index in [1.165, 1.54) is 12.1 Å². The van der Waals surface area contributed by atoms with Crippen LogP contribution in [-0.2, 0) is 12.7 Å². The molecule has 3 N–H and O–H groups in total. The van der Waals surface area contributed by atoms with Crippen molar-refractivity contribution in [3.63, 3.8) is 0 Å². The molecule has 1 fully saturated rings. The molecule has 6 nitrogen and oxygen atoms in total. The first-order valence-electron chi connectivity index (χ1n) is 9.20. The number of urea groups is 1. The number of carbonyl (C=O) groups is 1. The highest BCUT2D eigenvalue weighted by Crippen LogP contribution is 2.30. The molecule has 1 aliphatic rings. The Morgan fingerprint density at radius 2 is 1.89 bits per heavy atom. The Morgan fingerprint density at radius 3 is 2.46 bits per heavy atom. The van der Waals surface area contributed by atoms with Crippen LogP contribution in [0.4, 0.5) is 18.0 Å². The SMILES string of the molecule is CNC(=O)NC1CCN(Cc2nc(-c3ccc(C(F)(F)F)cc3)[nH]c2C)CC1. The Hall–Kier alpha value is -2.55. The summed E-state index contributed by atoms with van der Waals surface area (Å²) in [6.45, 7) is 4.26. The number of nitrogens with one attached hydrogen (secondary N) is 3. The van der Waals surface area contributed by atoms with Crippen LogP contribution in [0.15, 0.2) is 24.3 Å². The lowest BCUT2D eigenvalue weighted by atomic mass is 10.0. The largest absolute Gasteiger partial charge is 0.416 e. The molecule has 0 radical (unpaired) electrons. The number of imidazole rings is 1. The van der Waals surface area contributed by atoms with Crippen molar-refractivity contribution in [2.24, 2.45) is 0 Å². The molecule has 3 rings (SSSR count). The average Bonchev–Trinajstić information content (AvgIpc) is 3.03. The van der Waals surface area contributed by atoms with Crippen molar-refractivity contribution in [1.82, 2.24) is 25.5 Å². The van der Waals surface area contributed by atoms with Gasteiger partial charge in [-0.15, -0.1) is 0 Å². The van der Waals surface area contributed by atoms with Crippen LogP contribution in [0.25, 0.3) is 11.4 Å². The summed E-state index contributed by atoms with van der Waals surface area (Å²) in [6, 6.07) is 5.00. The van der Waals surface area contributed by atoms with Gasteiger partial charge in [-0.2, -0.15) is 13.2 Å². The lowest BCUT2D eigenvalue weighted by molar-refractivity contribution is -0.137. The first kappa shape index (κ1) is 20.2. The van der Waals surface area contributed by atoms with Crippen LogP contribution in [0.5, 0.6) is 0 Å². The molecule has 0 aliphatic carbocycles. The number of nitrogens with zero attached hydrogens (tertiary/aromatic N) is 2. The summed E-state index contributed by atoms with van der Waals surface area (Å²) in [7, 11) is 1.60. The van der Waals surface area contributed by atoms with Crippen LogP contribution >= 0.6 is 0 Å². The maximum Gasteiger partial charge on any atom is 0.416 e. The summed E-state index contributed by atoms with van der Waals surface area (Å²) in [5.74, 6) is 0.567. The zero-order valence-corrected chi connectivity index (χ0v) is 15.9. The van der Waals surface area contributed by atoms with Crippen molar-refractivity contribution >= 4 is 6.03 Å². The van der Waals surface area contributed by atoms with Gasteiger partial charge in [0.25, 0.3) is 0 Å². The van der Waals surface area contributed by atoms with Crippen molar-refractivity contribution in [3.8, 4) is 11.4 Å². The number of likely N-dealkylation sites (tertiary alicyclic amines) is 1. The summed E-state index contributed by atoms with van der Waals surface area (Å²) < 4.78 is 38.1. The number of piperidine rings is 1. The summed E-state index contributed by atoms with van der Waals surface area (Å²) in [5.41, 5.74) is 1.73. The summed E-state index contributed by atoms with van der Waals surface area (Å²) in [4.78, 5) is 21.4. The topological polar surface area (TPSA) is 73.1 Å². The number of amides is 2. The van der Waals surface area contributed by atoms with Crippen molar-refractivity contribution in [2.45, 2.75) is 38.5 Å². The number of alkyl halides is 3. The molecule has 0 atom stereocenters. The number of rotatable bonds is 4. The lowest BCUT2D eigenvalue weighted by Gasteiger charge is -2.31. The van der Waals surface area contributed by atoms with E-state index >= 15 is 0 Å². The van der Waals surface area contributed by atoms with E-state index in [1.807, 2.05) is 6.92 Å². The fourth-order valence-electron chi connectivity index (χ4n) is 3.31. The molecular formula is C19H24F3N5O. The molecule has 2 heterocycles. The van der Waals surface area contributed by atoms with E-state index in [0.29, 0.717) is 17.9 Å². The Kier molecular flexibility index (Phi) is 5.93. The minimum atomic E-state index is -4.35. The number of hydrogen-bond acceptors (Lipinski definition) is 3. The highest BCUT2D eigenvalue weighted by Gasteiger charge is 2.30. The maximum absolute atomic E-state index is 12.7. The molecule has 1 saturated heterocycles. The average molecular weight is 395 g/mol. The zero-order chi connectivity index (χ0) is 20.3. The second kappa shape index (κ2) is 8.22. The van der Waals surface area contributed by atoms with Crippen LogP contribution in [0, 0.1) is 6.92 Å². The highest BCUT2D eigenvalue weighted by atomic mass is 19.4. The van der Waals surface area contributed by atoms with Gasteiger partial charge in [0.05, 0.1) is 11.3 Å². The molecule has 1 aliphatic heterocycles. The van der Waals surface area contributed by atoms with Crippen molar-refractivity contribution < 1.29 is 18.0 Å². The first-order valence-corrected chi connectivity index (χ1v) is 9.20. The minimum Gasteiger partial charge on any atom is -0.342 e. The van der Waals surface area contributed by atoms with Gasteiger partial charge in [-0.3, -0.25) is 4.90 Å². The monoisotopic (exact) mass is 395 g/mol. The molecular weight excluding hydrogens is 371 g/mol. The van der Waals surface area contributed by atoms with Gasteiger partial charge in [0.1, 0.15) is 5.82 Å². The van der Waals surface area contributed by atoms with Gasteiger partial charge in [0.2, 0.25) is 0 Å². The predicted octanol–water partition coefficient (Wildman–Crippen LogP) is 3.30. The molecule has 9 heteroatoms. The van der Waals surface area contributed by atoms with Crippen LogP contribution in [0.2, 0.25) is 0 Å². The van der Waals surface area contributed by atoms with Crippen LogP contribution in [-0.4, -0.2) is 47.1 Å². The van der Waals surface area contributed by atoms with Gasteiger partial charge in [0.15, 0.2) is 0 Å². The molecule has 1 aromatic carbocycles. The van der Waals surface area contributed by atoms with Crippen molar-refractivity contribution in [3.05, 3.63) is 41.2 Å². The fraction of sp³-hybridized carbons (Fsp3) is 0.474. The first-order chi connectivity index (χ1) is 13.3. The summed E-state index contributed by atoms with van der Waals surface area (Å²) in [6.07, 6.45) is -2.62. The van der Waals surface area contributed by atoms with E-state index in [2.05, 4.69) is 25.5 Å². The molecule has 0 saturated carbocycles. The van der Waals surface area contributed by atoms with Crippen LogP contribution in [0.3, 0.4) is 0 Å². The van der Waals surface area contributed by atoms with Gasteiger partial charge < -0.3 is 15.6 Å². The third-order valence-corrected chi connectivity index (χ3v) is 4.99. The second-order valence-electron chi connectivity index (χ2n) is 7.01. The van der Waals surface area contributed by atoms with Gasteiger partial charge in [0, 0.05) is 44.0 Å². The van der Waals surface area contributed by atoms with E-state index in [4.69, 9.17) is 0 Å². The number of aromatic amines is 1. The quantitative estimate of drug-likeness (QED) is 0.744. The Labute approximate surface area is 161 Å². The van der Waals surface area contributed by atoms with E-state index in [-0.39, 0.29) is 12.1 Å². The number of benzene rings is 1. The number of aromatic nitrogens is 2. The molecule has 2 aromatic rings. The van der Waals surface area contributed by atoms with Crippen LogP contribution in [0.1, 0.15) is 29.8 Å². The van der Waals surface area contributed by atoms with Crippen LogP contribution < -0.4 is 10.6 Å². The number of hydrogen-bond donors (Lipinski definition) is 3. The van der Waals surface area contributed by atoms with E-state index < -0.39 is 11.7 Å². The smallest absolute Gasteiger partial charge is 0.342 e. The molecule has 2 amide bonds. The van der Waals surface area contributed by atoms with Crippen molar-refractivity contribution in [2.75, 3.05) is 20.1 Å². The molecule has 0 bridgehead atoms. The van der Waals surface area contributed by atoms with Gasteiger partial charge in [-0.05, 0) is 31.9 Å². The van der Waals surface area contributed by atoms with Gasteiger partial charge in [-0.25, -0.2) is 9.78 Å². The number of carbonyl (C=O) groups excluding carboxylic acids is 1. The molecule has 1 aromatic heterocycles. The molecule has 0 unspecified atom stereocenters. The second-order valence-corrected chi connectivity index (χ2v) is 7.01. The molecule has 0 spiro atoms. The summed E-state index contributed by atoms with van der Waals surface area (Å²) >= 11 is 0. The van der Waals surface area contributed by atoms with E-state index in [9.17, 15) is 18.0 Å². The predicted molar refractivity (Wildman–Crippen MR) is 99.7 cm³/mol. The standard InChI is InChI=1S/C19H24F3N5O/c1-12-16(11-27-9-7-15(8-10-27)25-18(28)23-2)26-17(24-12)13-3-5-14(6-4-13)19(20,21)22/h3-6,15H,7-11H2,1-2H3,(H,24,26)(H2,23,25,28). The van der Waals surface area contributed by atoms with Crippen molar-refractivity contribution in [1.29, 1.82) is 0 Å². The minimum absolute atomic E-state index is 0.164. The van der Waals surface area contributed by atoms with Gasteiger partial charge in [-0.1, -0.05) is 12.1 Å². The Morgan fingerprint density at radius 1 is 1.25 bits per heavy atom. The Bertz CT molecular complexity index is 808. The molecule has 28 heavy (non-hydrogen) atoms. The third kappa shape index (κ3) is 4.83. The highest BCUT2D eigenvalue weighted by molar-refractivity contribution is 5.73. The number of halogens is 3. The normalized spacial score (nSPS) is 16.2. The Balaban J connectivity index is 1.61. The van der Waals surface area contributed by atoms with E-state index in [0.717, 1.165) is 49.5 Å². The third-order valence-electron chi connectivity index (χ3n) is 4.99. The zero-order valence-electron chi connectivity index (χ0n) is 15.9. The molecule has 152 valence electrons. The number of H-pyrrole nitrogens is 1. The lowest BCUT2D eigenvalue weighted by Crippen LogP contribution is -2.47. The van der Waals surface area contributed by atoms with E-state index in [1.54, 1.807) is 7.05 Å². The fourth-order valence-corrected chi connectivity index (χ4v) is 3.31.